The van der Waals surface area contributed by atoms with Gasteiger partial charge in [0.15, 0.2) is 0 Å². The third-order valence-electron chi connectivity index (χ3n) is 2.18. The van der Waals surface area contributed by atoms with E-state index in [9.17, 15) is 14.4 Å². The van der Waals surface area contributed by atoms with E-state index in [4.69, 9.17) is 23.2 Å². The molecule has 0 saturated carbocycles. The highest BCUT2D eigenvalue weighted by molar-refractivity contribution is 9.09. The number of amides is 3. The summed E-state index contributed by atoms with van der Waals surface area (Å²) < 4.78 is 0. The fourth-order valence-electron chi connectivity index (χ4n) is 1.40. The van der Waals surface area contributed by atoms with Crippen LogP contribution < -0.4 is 16.0 Å². The predicted octanol–water partition coefficient (Wildman–Crippen LogP) is 0.633. The van der Waals surface area contributed by atoms with Crippen LogP contribution in [0.4, 0.5) is 5.69 Å². The maximum absolute atomic E-state index is 11.4. The summed E-state index contributed by atoms with van der Waals surface area (Å²) in [5.74, 6) is -2.44. The molecule has 6 nitrogen and oxygen atoms in total. The Kier molecular flexibility index (Phi) is 3.98. The Morgan fingerprint density at radius 1 is 1.26 bits per heavy atom. The van der Waals surface area contributed by atoms with Crippen molar-refractivity contribution >= 4 is 62.5 Å². The van der Waals surface area contributed by atoms with Crippen LogP contribution >= 0.6 is 39.1 Å². The minimum atomic E-state index is -1.03. The lowest BCUT2D eigenvalue weighted by Crippen LogP contribution is -2.37. The highest BCUT2D eigenvalue weighted by Gasteiger charge is 2.20. The number of benzene rings is 1. The van der Waals surface area contributed by atoms with Crippen LogP contribution in [-0.4, -0.2) is 23.1 Å². The first-order valence-electron chi connectivity index (χ1n) is 4.83. The highest BCUT2D eigenvalue weighted by Crippen LogP contribution is 2.25. The fraction of sp³-hybridized carbons (Fsp3) is 0.100. The van der Waals surface area contributed by atoms with Crippen molar-refractivity contribution in [2.45, 2.75) is 0 Å². The molecule has 3 amide bonds. The second-order valence-corrected chi connectivity index (χ2v) is 4.78. The zero-order valence-electron chi connectivity index (χ0n) is 9.04. The summed E-state index contributed by atoms with van der Waals surface area (Å²) in [6, 6.07) is 1.30. The quantitative estimate of drug-likeness (QED) is 0.616. The molecule has 0 bridgehead atoms. The number of hydrogen-bond donors (Lipinski definition) is 1. The third-order valence-corrected chi connectivity index (χ3v) is 3.47. The number of alkyl halides is 1. The van der Waals surface area contributed by atoms with E-state index >= 15 is 0 Å². The topological polar surface area (TPSA) is 88.0 Å². The predicted molar refractivity (Wildman–Crippen MR) is 71.2 cm³/mol. The molecule has 0 aromatic heterocycles. The van der Waals surface area contributed by atoms with Crippen molar-refractivity contribution in [1.82, 2.24) is 0 Å². The summed E-state index contributed by atoms with van der Waals surface area (Å²) >= 11 is 14.8. The smallest absolute Gasteiger partial charge is 0.322 e. The maximum atomic E-state index is 11.4. The van der Waals surface area contributed by atoms with Gasteiger partial charge < -0.3 is 5.32 Å². The Balaban J connectivity index is 2.77. The van der Waals surface area contributed by atoms with Gasteiger partial charge in [-0.3, -0.25) is 14.4 Å². The molecule has 1 N–H and O–H groups in total. The molecule has 1 aromatic carbocycles. The first kappa shape index (κ1) is 14.1. The summed E-state index contributed by atoms with van der Waals surface area (Å²) in [6.45, 7) is 0. The van der Waals surface area contributed by atoms with E-state index < -0.39 is 17.7 Å². The number of fused-ring (bicyclic) bond motifs is 1. The van der Waals surface area contributed by atoms with E-state index in [1.165, 1.54) is 6.07 Å². The van der Waals surface area contributed by atoms with Crippen molar-refractivity contribution in [2.75, 3.05) is 10.6 Å². The Morgan fingerprint density at radius 2 is 1.89 bits per heavy atom. The van der Waals surface area contributed by atoms with Crippen LogP contribution in [-0.2, 0) is 14.4 Å². The number of anilines is 1. The lowest BCUT2D eigenvalue weighted by Gasteiger charge is -2.09. The normalized spacial score (nSPS) is 13.4. The van der Waals surface area contributed by atoms with Crippen LogP contribution in [0.1, 0.15) is 0 Å². The van der Waals surface area contributed by atoms with Crippen LogP contribution in [0, 0.1) is 0 Å². The zero-order valence-corrected chi connectivity index (χ0v) is 12.1. The van der Waals surface area contributed by atoms with E-state index in [1.807, 2.05) is 0 Å². The molecule has 9 heteroatoms. The molecule has 0 atom stereocenters. The zero-order chi connectivity index (χ0) is 14.2. The van der Waals surface area contributed by atoms with Crippen molar-refractivity contribution in [3.63, 3.8) is 0 Å². The minimum absolute atomic E-state index is 0.0216. The van der Waals surface area contributed by atoms with E-state index in [0.29, 0.717) is 0 Å². The molecular formula is C10H4BrCl2N3O3. The Hall–Kier alpha value is -1.31. The van der Waals surface area contributed by atoms with Gasteiger partial charge in [-0.15, -0.1) is 0 Å². The summed E-state index contributed by atoms with van der Waals surface area (Å²) in [7, 11) is 0. The molecule has 0 spiro atoms. The van der Waals surface area contributed by atoms with Gasteiger partial charge in [0.05, 0.1) is 26.4 Å². The average molecular weight is 365 g/mol. The Labute approximate surface area is 124 Å². The van der Waals surface area contributed by atoms with Gasteiger partial charge in [-0.25, -0.2) is 9.98 Å². The van der Waals surface area contributed by atoms with Crippen molar-refractivity contribution < 1.29 is 14.4 Å². The molecular weight excluding hydrogens is 361 g/mol. The SMILES string of the molecule is O=C(CBr)Nc1c(Cl)c(Cl)cc2c1=NC(=O)C(=O)N=2. The van der Waals surface area contributed by atoms with Crippen molar-refractivity contribution in [1.29, 1.82) is 0 Å². The molecule has 19 heavy (non-hydrogen) atoms. The molecule has 1 aromatic rings. The highest BCUT2D eigenvalue weighted by atomic mass is 79.9. The maximum Gasteiger partial charge on any atom is 0.338 e. The molecule has 98 valence electrons. The molecule has 1 aliphatic heterocycles. The number of nitrogens with zero attached hydrogens (tertiary/aromatic N) is 2. The lowest BCUT2D eigenvalue weighted by atomic mass is 10.2. The third kappa shape index (κ3) is 2.68. The van der Waals surface area contributed by atoms with Gasteiger partial charge >= 0.3 is 11.8 Å². The second-order valence-electron chi connectivity index (χ2n) is 3.43. The summed E-state index contributed by atoms with van der Waals surface area (Å²) in [4.78, 5) is 40.9. The average Bonchev–Trinajstić information content (AvgIpc) is 2.37. The number of rotatable bonds is 2. The summed E-state index contributed by atoms with van der Waals surface area (Å²) in [5, 5.41) is 2.69. The van der Waals surface area contributed by atoms with Gasteiger partial charge in [-0.05, 0) is 6.07 Å². The number of carbonyl (C=O) groups excluding carboxylic acids is 3. The van der Waals surface area contributed by atoms with E-state index in [1.54, 1.807) is 0 Å². The number of halogens is 3. The van der Waals surface area contributed by atoms with Gasteiger partial charge in [0.1, 0.15) is 5.36 Å². The molecule has 0 fully saturated rings. The van der Waals surface area contributed by atoms with Crippen LogP contribution in [0.25, 0.3) is 0 Å². The number of hydrogen-bond acceptors (Lipinski definition) is 3. The van der Waals surface area contributed by atoms with Crippen molar-refractivity contribution in [3.8, 4) is 0 Å². The van der Waals surface area contributed by atoms with Gasteiger partial charge in [0, 0.05) is 0 Å². The van der Waals surface area contributed by atoms with Gasteiger partial charge in [-0.2, -0.15) is 0 Å². The Morgan fingerprint density at radius 3 is 2.53 bits per heavy atom. The molecule has 1 heterocycles. The standard InChI is InChI=1S/C10H4BrCl2N3O3/c11-2-5(17)15-8-6(13)3(12)1-4-7(8)16-10(19)9(18)14-4/h1H,2H2,(H,15,17). The summed E-state index contributed by atoms with van der Waals surface area (Å²) in [6.07, 6.45) is 0. The van der Waals surface area contributed by atoms with Gasteiger partial charge in [0.2, 0.25) is 5.91 Å². The molecule has 1 aliphatic rings. The van der Waals surface area contributed by atoms with Gasteiger partial charge in [-0.1, -0.05) is 39.1 Å². The molecule has 0 unspecified atom stereocenters. The number of nitrogens with one attached hydrogen (secondary N) is 1. The molecule has 0 radical (unpaired) electrons. The lowest BCUT2D eigenvalue weighted by molar-refractivity contribution is -0.135. The number of carbonyl (C=O) groups is 3. The fourth-order valence-corrected chi connectivity index (χ4v) is 1.92. The largest absolute Gasteiger partial charge is 0.338 e. The minimum Gasteiger partial charge on any atom is -0.322 e. The van der Waals surface area contributed by atoms with Crippen LogP contribution in [0.2, 0.25) is 10.0 Å². The second kappa shape index (κ2) is 5.36. The van der Waals surface area contributed by atoms with Crippen LogP contribution in [0.15, 0.2) is 16.1 Å². The van der Waals surface area contributed by atoms with Crippen LogP contribution in [0.3, 0.4) is 0 Å². The van der Waals surface area contributed by atoms with Gasteiger partial charge in [0.25, 0.3) is 0 Å². The molecule has 0 aliphatic carbocycles. The van der Waals surface area contributed by atoms with E-state index in [2.05, 4.69) is 31.2 Å². The first-order valence-corrected chi connectivity index (χ1v) is 6.71. The van der Waals surface area contributed by atoms with E-state index in [0.717, 1.165) is 0 Å². The molecule has 2 rings (SSSR count). The first-order chi connectivity index (χ1) is 8.93. The van der Waals surface area contributed by atoms with Crippen molar-refractivity contribution in [2.24, 2.45) is 9.98 Å². The molecule has 0 saturated heterocycles. The van der Waals surface area contributed by atoms with E-state index in [-0.39, 0.29) is 31.8 Å². The summed E-state index contributed by atoms with van der Waals surface area (Å²) in [5.41, 5.74) is 0.0539. The van der Waals surface area contributed by atoms with Crippen molar-refractivity contribution in [3.05, 3.63) is 26.8 Å². The Bertz CT molecular complexity index is 733. The van der Waals surface area contributed by atoms with Crippen LogP contribution in [0.5, 0.6) is 0 Å². The monoisotopic (exact) mass is 363 g/mol.